The van der Waals surface area contributed by atoms with Gasteiger partial charge < -0.3 is 23.7 Å². The maximum atomic E-state index is 2.39. The van der Waals surface area contributed by atoms with Gasteiger partial charge in [-0.2, -0.15) is 0 Å². The van der Waals surface area contributed by atoms with Gasteiger partial charge in [0.15, 0.2) is 0 Å². The largest absolute Gasteiger partial charge is 0.333 e. The standard InChI is InChI=1S/C7H17N2.C6H14N2.C4H12N.C3H9N.CH4/c1-8-4-6-9(2,3)7-5-8;1-7-3-5-8(2)6-4-7;1-5(2,3)4;1-4(2)3;/h4-7H2,1-3H3;3-6H2,1-2H3;1-4H3;1-3H3;1H4/q+1;;+1;;. The third-order valence-electron chi connectivity index (χ3n) is 3.90. The molecule has 6 nitrogen and oxygen atoms in total. The first-order valence-corrected chi connectivity index (χ1v) is 9.90. The number of likely N-dealkylation sites (N-methyl/N-ethyl adjacent to an activating group) is 4. The fourth-order valence-corrected chi connectivity index (χ4v) is 2.01. The van der Waals surface area contributed by atoms with Crippen LogP contribution in [-0.2, 0) is 0 Å². The third-order valence-corrected chi connectivity index (χ3v) is 3.90. The van der Waals surface area contributed by atoms with Crippen LogP contribution in [-0.4, -0.2) is 165 Å². The Morgan fingerprint density at radius 3 is 1.00 bits per heavy atom. The van der Waals surface area contributed by atoms with E-state index in [1.165, 1.54) is 56.8 Å². The molecule has 0 saturated carbocycles. The van der Waals surface area contributed by atoms with Crippen LogP contribution in [0.25, 0.3) is 0 Å². The van der Waals surface area contributed by atoms with Crippen molar-refractivity contribution >= 4 is 0 Å². The first kappa shape index (κ1) is 31.5. The minimum Gasteiger partial charge on any atom is -0.333 e. The summed E-state index contributed by atoms with van der Waals surface area (Å²) in [6.45, 7) is 10.0. The minimum atomic E-state index is 0. The fraction of sp³-hybridized carbons (Fsp3) is 1.00. The van der Waals surface area contributed by atoms with Crippen LogP contribution in [0.15, 0.2) is 0 Å². The van der Waals surface area contributed by atoms with Gasteiger partial charge in [-0.15, -0.1) is 0 Å². The van der Waals surface area contributed by atoms with Gasteiger partial charge in [-0.05, 0) is 42.3 Å². The van der Waals surface area contributed by atoms with Crippen LogP contribution in [0.1, 0.15) is 7.43 Å². The quantitative estimate of drug-likeness (QED) is 0.570. The Morgan fingerprint density at radius 2 is 0.815 bits per heavy atom. The summed E-state index contributed by atoms with van der Waals surface area (Å²) in [5, 5.41) is 0. The number of rotatable bonds is 0. The monoisotopic (exact) mass is 392 g/mol. The highest BCUT2D eigenvalue weighted by molar-refractivity contribution is 4.64. The molecule has 2 heterocycles. The molecule has 168 valence electrons. The Morgan fingerprint density at radius 1 is 0.630 bits per heavy atom. The normalized spacial score (nSPS) is 20.8. The van der Waals surface area contributed by atoms with Crippen LogP contribution < -0.4 is 0 Å². The molecule has 0 unspecified atom stereocenters. The van der Waals surface area contributed by atoms with Crippen molar-refractivity contribution < 1.29 is 8.97 Å². The molecule has 27 heavy (non-hydrogen) atoms. The summed E-state index contributed by atoms with van der Waals surface area (Å²) >= 11 is 0. The highest BCUT2D eigenvalue weighted by atomic mass is 15.4. The van der Waals surface area contributed by atoms with E-state index in [1.54, 1.807) is 0 Å². The van der Waals surface area contributed by atoms with E-state index >= 15 is 0 Å². The predicted octanol–water partition coefficient (Wildman–Crippen LogP) is 1.01. The summed E-state index contributed by atoms with van der Waals surface area (Å²) in [6.07, 6.45) is 0. The van der Waals surface area contributed by atoms with E-state index in [1.807, 2.05) is 26.0 Å². The summed E-state index contributed by atoms with van der Waals surface area (Å²) in [4.78, 5) is 9.11. The molecule has 0 N–H and O–H groups in total. The van der Waals surface area contributed by atoms with E-state index in [0.717, 1.165) is 4.48 Å². The minimum absolute atomic E-state index is 0. The molecule has 0 aromatic rings. The second-order valence-corrected chi connectivity index (χ2v) is 10.3. The lowest BCUT2D eigenvalue weighted by molar-refractivity contribution is -0.894. The summed E-state index contributed by atoms with van der Waals surface area (Å²) < 4.78 is 2.20. The molecular formula is C21H56N6+2. The lowest BCUT2D eigenvalue weighted by atomic mass is 10.3. The molecule has 0 bridgehead atoms. The van der Waals surface area contributed by atoms with Gasteiger partial charge in [0.2, 0.25) is 0 Å². The second-order valence-electron chi connectivity index (χ2n) is 10.3. The van der Waals surface area contributed by atoms with Crippen molar-refractivity contribution in [3.05, 3.63) is 0 Å². The van der Waals surface area contributed by atoms with Crippen molar-refractivity contribution in [2.45, 2.75) is 7.43 Å². The average molecular weight is 393 g/mol. The zero-order chi connectivity index (χ0) is 21.0. The van der Waals surface area contributed by atoms with Crippen LogP contribution in [0.2, 0.25) is 0 Å². The molecule has 2 rings (SSSR count). The van der Waals surface area contributed by atoms with Crippen LogP contribution >= 0.6 is 0 Å². The Kier molecular flexibility index (Phi) is 18.2. The van der Waals surface area contributed by atoms with Crippen molar-refractivity contribution in [1.82, 2.24) is 19.6 Å². The first-order valence-electron chi connectivity index (χ1n) is 9.90. The number of hydrogen-bond acceptors (Lipinski definition) is 4. The zero-order valence-electron chi connectivity index (χ0n) is 20.3. The Hall–Kier alpha value is -0.240. The number of piperazine rings is 2. The summed E-state index contributed by atoms with van der Waals surface area (Å²) in [7, 11) is 25.6. The molecule has 2 aliphatic rings. The van der Waals surface area contributed by atoms with Gasteiger partial charge in [0.1, 0.15) is 0 Å². The summed E-state index contributed by atoms with van der Waals surface area (Å²) in [6, 6.07) is 0. The molecule has 0 aliphatic carbocycles. The topological polar surface area (TPSA) is 13.0 Å². The summed E-state index contributed by atoms with van der Waals surface area (Å²) in [5.41, 5.74) is 0. The van der Waals surface area contributed by atoms with Crippen molar-refractivity contribution in [2.24, 2.45) is 0 Å². The lowest BCUT2D eigenvalue weighted by Crippen LogP contribution is -2.53. The summed E-state index contributed by atoms with van der Waals surface area (Å²) in [5.74, 6) is 0. The number of nitrogens with zero attached hydrogens (tertiary/aromatic N) is 6. The van der Waals surface area contributed by atoms with Crippen LogP contribution in [0, 0.1) is 0 Å². The molecule has 6 heteroatoms. The molecule has 0 atom stereocenters. The highest BCUT2D eigenvalue weighted by Crippen LogP contribution is 2.03. The first-order chi connectivity index (χ1) is 11.6. The Bertz CT molecular complexity index is 288. The maximum absolute atomic E-state index is 2.39. The van der Waals surface area contributed by atoms with Gasteiger partial charge >= 0.3 is 0 Å². The van der Waals surface area contributed by atoms with Gasteiger partial charge in [0.05, 0.1) is 55.4 Å². The Balaban J connectivity index is -0.000000296. The van der Waals surface area contributed by atoms with Crippen LogP contribution in [0.3, 0.4) is 0 Å². The number of hydrogen-bond donors (Lipinski definition) is 0. The zero-order valence-corrected chi connectivity index (χ0v) is 20.3. The van der Waals surface area contributed by atoms with Crippen molar-refractivity contribution in [3.63, 3.8) is 0 Å². The van der Waals surface area contributed by atoms with E-state index in [4.69, 9.17) is 0 Å². The molecule has 0 amide bonds. The molecule has 0 aromatic carbocycles. The smallest absolute Gasteiger partial charge is 0.0912 e. The molecule has 0 spiro atoms. The molecule has 2 aliphatic heterocycles. The SMILES string of the molecule is C.CN(C)C.CN1CCN(C)CC1.CN1CC[N+](C)(C)CC1.C[N+](C)(C)C. The van der Waals surface area contributed by atoms with Crippen molar-refractivity contribution in [1.29, 1.82) is 0 Å². The second kappa shape index (κ2) is 15.7. The van der Waals surface area contributed by atoms with Crippen LogP contribution in [0.5, 0.6) is 0 Å². The van der Waals surface area contributed by atoms with E-state index < -0.39 is 0 Å². The predicted molar refractivity (Wildman–Crippen MR) is 125 cm³/mol. The lowest BCUT2D eigenvalue weighted by Gasteiger charge is -2.37. The van der Waals surface area contributed by atoms with E-state index in [2.05, 4.69) is 78.1 Å². The average Bonchev–Trinajstić information content (AvgIpc) is 2.44. The van der Waals surface area contributed by atoms with E-state index in [-0.39, 0.29) is 7.43 Å². The van der Waals surface area contributed by atoms with Crippen LogP contribution in [0.4, 0.5) is 0 Å². The van der Waals surface area contributed by atoms with E-state index in [0.29, 0.717) is 0 Å². The van der Waals surface area contributed by atoms with E-state index in [9.17, 15) is 0 Å². The van der Waals surface area contributed by atoms with Crippen molar-refractivity contribution in [2.75, 3.05) is 137 Å². The molecule has 2 saturated heterocycles. The van der Waals surface area contributed by atoms with Gasteiger partial charge in [0.25, 0.3) is 0 Å². The maximum Gasteiger partial charge on any atom is 0.0912 e. The third kappa shape index (κ3) is 30.7. The van der Waals surface area contributed by atoms with Crippen molar-refractivity contribution in [3.8, 4) is 0 Å². The van der Waals surface area contributed by atoms with Gasteiger partial charge in [-0.3, -0.25) is 4.90 Å². The molecule has 2 fully saturated rings. The Labute approximate surface area is 173 Å². The van der Waals surface area contributed by atoms with Gasteiger partial charge in [0, 0.05) is 39.3 Å². The molecule has 0 aromatic heterocycles. The number of quaternary nitrogens is 2. The van der Waals surface area contributed by atoms with Gasteiger partial charge in [-0.1, -0.05) is 7.43 Å². The fourth-order valence-electron chi connectivity index (χ4n) is 2.01. The van der Waals surface area contributed by atoms with Gasteiger partial charge in [-0.25, -0.2) is 0 Å². The highest BCUT2D eigenvalue weighted by Gasteiger charge is 2.21. The molecule has 0 radical (unpaired) electrons. The molecular weight excluding hydrogens is 336 g/mol.